The summed E-state index contributed by atoms with van der Waals surface area (Å²) in [5.41, 5.74) is 0. The first kappa shape index (κ1) is 33.4. The van der Waals surface area contributed by atoms with Crippen molar-refractivity contribution in [1.29, 1.82) is 0 Å². The van der Waals surface area contributed by atoms with Crippen molar-refractivity contribution in [2.24, 2.45) is 0 Å². The maximum Gasteiger partial charge on any atom is 0.135 e. The number of hydrogen-bond acceptors (Lipinski definition) is 8. The van der Waals surface area contributed by atoms with Gasteiger partial charge >= 0.3 is 0 Å². The van der Waals surface area contributed by atoms with E-state index >= 15 is 0 Å². The van der Waals surface area contributed by atoms with E-state index in [1.807, 2.05) is 6.92 Å². The quantitative estimate of drug-likeness (QED) is 0.187. The summed E-state index contributed by atoms with van der Waals surface area (Å²) >= 11 is 6.40. The zero-order chi connectivity index (χ0) is 20.3. The van der Waals surface area contributed by atoms with Crippen molar-refractivity contribution in [2.75, 3.05) is 35.9 Å². The van der Waals surface area contributed by atoms with E-state index < -0.39 is 10.2 Å². The van der Waals surface area contributed by atoms with Gasteiger partial charge in [-0.3, -0.25) is 0 Å². The van der Waals surface area contributed by atoms with Crippen LogP contribution in [0.3, 0.4) is 0 Å². The number of hydrogen-bond donors (Lipinski definition) is 2. The molecular weight excluding hydrogens is 437 g/mol. The van der Waals surface area contributed by atoms with Gasteiger partial charge in [0.25, 0.3) is 0 Å². The summed E-state index contributed by atoms with van der Waals surface area (Å²) in [5.74, 6) is 2.86. The molecule has 0 aliphatic carbocycles. The lowest BCUT2D eigenvalue weighted by Gasteiger charge is -2.02. The van der Waals surface area contributed by atoms with E-state index in [9.17, 15) is 4.55 Å². The van der Waals surface area contributed by atoms with Gasteiger partial charge < -0.3 is 17.8 Å². The molecule has 4 nitrogen and oxygen atoms in total. The molecule has 10 heteroatoms. The average Bonchev–Trinajstić information content (AvgIpc) is 2.60. The first-order valence-corrected chi connectivity index (χ1v) is 14.0. The van der Waals surface area contributed by atoms with E-state index in [1.54, 1.807) is 30.6 Å². The van der Waals surface area contributed by atoms with Crippen LogP contribution in [0, 0.1) is 0 Å². The Labute approximate surface area is 176 Å². The van der Waals surface area contributed by atoms with Crippen LogP contribution in [-0.4, -0.2) is 49.5 Å². The van der Waals surface area contributed by atoms with E-state index in [-0.39, 0.29) is 9.74 Å². The molecule has 0 heterocycles. The zero-order valence-electron chi connectivity index (χ0n) is 14.8. The van der Waals surface area contributed by atoms with Crippen molar-refractivity contribution in [2.45, 2.75) is 6.92 Å². The SMILES string of the molecule is C=CCOS(=S)CC.C=CCSO.C=CCS[S+]([O-])CC=C.CSO. The highest BCUT2D eigenvalue weighted by molar-refractivity contribution is 8.72. The molecule has 2 unspecified atom stereocenters. The Kier molecular flexibility index (Phi) is 47.8. The molecule has 0 saturated carbocycles. The van der Waals surface area contributed by atoms with Crippen molar-refractivity contribution in [3.8, 4) is 0 Å². The molecule has 0 spiro atoms. The third-order valence-corrected chi connectivity index (χ3v) is 6.32. The van der Waals surface area contributed by atoms with Crippen LogP contribution in [0.25, 0.3) is 0 Å². The van der Waals surface area contributed by atoms with Gasteiger partial charge in [-0.05, 0) is 41.3 Å². The summed E-state index contributed by atoms with van der Waals surface area (Å²) in [7, 11) is 0.327. The zero-order valence-corrected chi connectivity index (χ0v) is 19.7. The second-order valence-electron chi connectivity index (χ2n) is 3.26. The maximum absolute atomic E-state index is 10.8. The molecular formula is C15H30O4S6. The van der Waals surface area contributed by atoms with Gasteiger partial charge in [-0.15, -0.1) is 19.7 Å². The predicted molar refractivity (Wildman–Crippen MR) is 129 cm³/mol. The second kappa shape index (κ2) is 35.8. The van der Waals surface area contributed by atoms with Gasteiger partial charge in [0.1, 0.15) is 5.75 Å². The van der Waals surface area contributed by atoms with Crippen LogP contribution in [0.4, 0.5) is 0 Å². The fraction of sp³-hybridized carbons (Fsp3) is 0.467. The van der Waals surface area contributed by atoms with Crippen molar-refractivity contribution in [3.05, 3.63) is 50.6 Å². The summed E-state index contributed by atoms with van der Waals surface area (Å²) in [4.78, 5) is 0. The van der Waals surface area contributed by atoms with Crippen LogP contribution in [-0.2, 0) is 35.3 Å². The number of rotatable bonds is 11. The Morgan fingerprint density at radius 3 is 1.92 bits per heavy atom. The minimum atomic E-state index is -0.793. The van der Waals surface area contributed by atoms with E-state index in [0.29, 0.717) is 18.1 Å². The lowest BCUT2D eigenvalue weighted by Crippen LogP contribution is -1.97. The smallest absolute Gasteiger partial charge is 0.135 e. The second-order valence-corrected chi connectivity index (χ2v) is 10.1. The van der Waals surface area contributed by atoms with Gasteiger partial charge in [-0.2, -0.15) is 0 Å². The molecule has 0 radical (unpaired) electrons. The summed E-state index contributed by atoms with van der Waals surface area (Å²) in [6.45, 7) is 16.5. The summed E-state index contributed by atoms with van der Waals surface area (Å²) < 4.78 is 31.2. The molecule has 0 amide bonds. The normalized spacial score (nSPS) is 10.9. The molecule has 0 bridgehead atoms. The summed E-state index contributed by atoms with van der Waals surface area (Å²) in [6, 6.07) is 0. The van der Waals surface area contributed by atoms with Crippen molar-refractivity contribution in [3.63, 3.8) is 0 Å². The molecule has 2 N–H and O–H groups in total. The van der Waals surface area contributed by atoms with Crippen molar-refractivity contribution in [1.82, 2.24) is 0 Å². The molecule has 150 valence electrons. The standard InChI is InChI=1S/C6H10OS2.C5H10OS2.C3H6OS.CH4OS/c1-3-5-8-9(7)6-4-2;1-3-5-6-8(7)4-2;1-2-3-5-4;1-3-2/h3-4H,1-2,5-6H2;3H,1,4-5H2,2H3;2,4H,1,3H2;2H,1H3. The fourth-order valence-corrected chi connectivity index (χ4v) is 3.07. The van der Waals surface area contributed by atoms with Crippen molar-refractivity contribution >= 4 is 66.0 Å². The van der Waals surface area contributed by atoms with Crippen LogP contribution in [0.2, 0.25) is 0 Å². The van der Waals surface area contributed by atoms with Crippen LogP contribution in [0.5, 0.6) is 0 Å². The molecule has 0 aliphatic rings. The van der Waals surface area contributed by atoms with E-state index in [0.717, 1.165) is 35.6 Å². The molecule has 0 fully saturated rings. The molecule has 2 atom stereocenters. The molecule has 0 aromatic heterocycles. The molecule has 25 heavy (non-hydrogen) atoms. The Balaban J connectivity index is -0.000000126. The summed E-state index contributed by atoms with van der Waals surface area (Å²) in [5, 5.41) is 0. The van der Waals surface area contributed by atoms with Gasteiger partial charge in [0.2, 0.25) is 0 Å². The fourth-order valence-electron chi connectivity index (χ4n) is 0.528. The Morgan fingerprint density at radius 1 is 1.12 bits per heavy atom. The molecule has 0 aliphatic heterocycles. The topological polar surface area (TPSA) is 72.8 Å². The van der Waals surface area contributed by atoms with Gasteiger partial charge in [0, 0.05) is 37.7 Å². The van der Waals surface area contributed by atoms with Gasteiger partial charge in [0.05, 0.1) is 23.2 Å². The summed E-state index contributed by atoms with van der Waals surface area (Å²) in [6.07, 6.45) is 8.35. The van der Waals surface area contributed by atoms with E-state index in [1.165, 1.54) is 10.8 Å². The molecule has 0 aromatic rings. The third kappa shape index (κ3) is 51.6. The van der Waals surface area contributed by atoms with Crippen LogP contribution < -0.4 is 0 Å². The molecule has 0 rings (SSSR count). The van der Waals surface area contributed by atoms with E-state index in [4.69, 9.17) is 24.5 Å². The Hall–Kier alpha value is 0.770. The molecule has 0 aromatic carbocycles. The monoisotopic (exact) mass is 466 g/mol. The van der Waals surface area contributed by atoms with Gasteiger partial charge in [0.15, 0.2) is 0 Å². The average molecular weight is 467 g/mol. The largest absolute Gasteiger partial charge is 0.605 e. The molecule has 0 saturated heterocycles. The van der Waals surface area contributed by atoms with Crippen LogP contribution in [0.15, 0.2) is 50.6 Å². The maximum atomic E-state index is 10.8. The van der Waals surface area contributed by atoms with Crippen molar-refractivity contribution < 1.29 is 17.8 Å². The van der Waals surface area contributed by atoms with Gasteiger partial charge in [-0.25, -0.2) is 0 Å². The van der Waals surface area contributed by atoms with E-state index in [2.05, 4.69) is 26.3 Å². The minimum Gasteiger partial charge on any atom is -0.605 e. The lowest BCUT2D eigenvalue weighted by atomic mass is 10.7. The highest BCUT2D eigenvalue weighted by atomic mass is 33.1. The minimum absolute atomic E-state index is 0.265. The van der Waals surface area contributed by atoms with Crippen LogP contribution >= 0.6 is 34.9 Å². The van der Waals surface area contributed by atoms with Crippen LogP contribution in [0.1, 0.15) is 6.92 Å². The Bertz CT molecular complexity index is 316. The first-order chi connectivity index (χ1) is 11.9. The Morgan fingerprint density at radius 2 is 1.64 bits per heavy atom. The highest BCUT2D eigenvalue weighted by Gasteiger charge is 2.01. The first-order valence-electron chi connectivity index (χ1n) is 6.86. The van der Waals surface area contributed by atoms with Gasteiger partial charge in [-0.1, -0.05) is 31.7 Å². The lowest BCUT2D eigenvalue weighted by molar-refractivity contribution is 0.424. The highest BCUT2D eigenvalue weighted by Crippen LogP contribution is 2.12. The third-order valence-electron chi connectivity index (χ3n) is 1.32. The predicted octanol–water partition coefficient (Wildman–Crippen LogP) is 5.16.